The van der Waals surface area contributed by atoms with Crippen molar-refractivity contribution in [2.24, 2.45) is 5.41 Å². The van der Waals surface area contributed by atoms with Gasteiger partial charge in [-0.2, -0.15) is 0 Å². The number of hydrogen-bond acceptors (Lipinski definition) is 3. The minimum Gasteiger partial charge on any atom is -0.365 e. The number of hydrogen-bond donors (Lipinski definition) is 1. The van der Waals surface area contributed by atoms with Crippen LogP contribution in [0.15, 0.2) is 0 Å². The summed E-state index contributed by atoms with van der Waals surface area (Å²) in [7, 11) is 0. The van der Waals surface area contributed by atoms with E-state index in [9.17, 15) is 9.90 Å². The molecule has 0 unspecified atom stereocenters. The van der Waals surface area contributed by atoms with Gasteiger partial charge in [0.2, 0.25) is 0 Å². The average Bonchev–Trinajstić information content (AvgIpc) is 2.93. The van der Waals surface area contributed by atoms with Gasteiger partial charge >= 0.3 is 0 Å². The number of alkyl halides is 1. The molecule has 2 rings (SSSR count). The summed E-state index contributed by atoms with van der Waals surface area (Å²) in [6.07, 6.45) is 7.89. The molecule has 0 amide bonds. The molecule has 1 heterocycles. The summed E-state index contributed by atoms with van der Waals surface area (Å²) >= 11 is 2.36. The van der Waals surface area contributed by atoms with Crippen molar-refractivity contribution in [1.82, 2.24) is 0 Å². The molecule has 19 heavy (non-hydrogen) atoms. The molecule has 2 aliphatic rings. The van der Waals surface area contributed by atoms with Crippen LogP contribution in [0, 0.1) is 5.41 Å². The number of rotatable bonds is 7. The smallest absolute Gasteiger partial charge is 0.177 e. The Labute approximate surface area is 129 Å². The van der Waals surface area contributed by atoms with Gasteiger partial charge in [0.1, 0.15) is 11.2 Å². The lowest BCUT2D eigenvalue weighted by molar-refractivity contribution is -0.220. The zero-order valence-corrected chi connectivity index (χ0v) is 14.3. The zero-order chi connectivity index (χ0) is 14.3. The molecule has 1 N–H and O–H groups in total. The third kappa shape index (κ3) is 2.27. The van der Waals surface area contributed by atoms with Gasteiger partial charge in [-0.25, -0.2) is 0 Å². The zero-order valence-electron chi connectivity index (χ0n) is 12.2. The van der Waals surface area contributed by atoms with Gasteiger partial charge in [-0.15, -0.1) is 0 Å². The Hall–Kier alpha value is 0.320. The van der Waals surface area contributed by atoms with E-state index in [-0.39, 0.29) is 15.3 Å². The van der Waals surface area contributed by atoms with Crippen molar-refractivity contribution in [1.29, 1.82) is 0 Å². The number of halogens is 1. The first-order valence-corrected chi connectivity index (χ1v) is 8.50. The fourth-order valence-electron chi connectivity index (χ4n) is 3.72. The highest BCUT2D eigenvalue weighted by atomic mass is 127. The Bertz CT molecular complexity index is 368. The standard InChI is InChI=1S/C15H25IO3/c1-4-5-6-7-8-9-12-15(16)10-14(15,11(2)17)13(3,18)19-12/h12,18H,4-10H2,1-3H3/t12-,13+,14+,15-/m1/s1. The maximum atomic E-state index is 11.9. The van der Waals surface area contributed by atoms with Crippen LogP contribution >= 0.6 is 22.6 Å². The van der Waals surface area contributed by atoms with Gasteiger partial charge < -0.3 is 9.84 Å². The minimum absolute atomic E-state index is 0.0219. The molecule has 2 fully saturated rings. The van der Waals surface area contributed by atoms with Gasteiger partial charge in [-0.05, 0) is 26.7 Å². The maximum absolute atomic E-state index is 11.9. The highest BCUT2D eigenvalue weighted by molar-refractivity contribution is 14.1. The summed E-state index contributed by atoms with van der Waals surface area (Å²) < 4.78 is 5.64. The lowest BCUT2D eigenvalue weighted by Gasteiger charge is -2.27. The predicted octanol–water partition coefficient (Wildman–Crippen LogP) is 3.61. The van der Waals surface area contributed by atoms with Crippen LogP contribution in [-0.2, 0) is 9.53 Å². The molecule has 0 aromatic rings. The van der Waals surface area contributed by atoms with Crippen molar-refractivity contribution in [3.8, 4) is 0 Å². The number of unbranched alkanes of at least 4 members (excludes halogenated alkanes) is 4. The van der Waals surface area contributed by atoms with E-state index in [1.807, 2.05) is 0 Å². The maximum Gasteiger partial charge on any atom is 0.177 e. The second-order valence-corrected chi connectivity index (χ2v) is 8.22. The average molecular weight is 380 g/mol. The summed E-state index contributed by atoms with van der Waals surface area (Å²) in [6.45, 7) is 5.45. The van der Waals surface area contributed by atoms with Crippen LogP contribution < -0.4 is 0 Å². The largest absolute Gasteiger partial charge is 0.365 e. The van der Waals surface area contributed by atoms with Crippen molar-refractivity contribution in [3.05, 3.63) is 0 Å². The molecule has 1 aliphatic heterocycles. The molecule has 0 spiro atoms. The van der Waals surface area contributed by atoms with Gasteiger partial charge in [0.15, 0.2) is 5.79 Å². The van der Waals surface area contributed by atoms with E-state index in [4.69, 9.17) is 4.74 Å². The third-order valence-electron chi connectivity index (χ3n) is 4.95. The molecule has 1 aliphatic carbocycles. The minimum atomic E-state index is -1.28. The quantitative estimate of drug-likeness (QED) is 0.417. The van der Waals surface area contributed by atoms with E-state index in [0.717, 1.165) is 19.3 Å². The van der Waals surface area contributed by atoms with Gasteiger partial charge in [-0.3, -0.25) is 4.79 Å². The second kappa shape index (κ2) is 5.26. The number of ketones is 1. The summed E-state index contributed by atoms with van der Waals surface area (Å²) in [5.74, 6) is -1.21. The molecule has 0 radical (unpaired) electrons. The van der Waals surface area contributed by atoms with E-state index in [1.165, 1.54) is 25.7 Å². The lowest BCUT2D eigenvalue weighted by Crippen LogP contribution is -2.41. The molecule has 1 saturated heterocycles. The topological polar surface area (TPSA) is 46.5 Å². The van der Waals surface area contributed by atoms with E-state index in [1.54, 1.807) is 13.8 Å². The summed E-state index contributed by atoms with van der Waals surface area (Å²) in [5.41, 5.74) is -0.658. The van der Waals surface area contributed by atoms with Crippen LogP contribution in [0.5, 0.6) is 0 Å². The normalized spacial score (nSPS) is 44.2. The van der Waals surface area contributed by atoms with E-state index < -0.39 is 11.2 Å². The predicted molar refractivity (Wildman–Crippen MR) is 83.4 cm³/mol. The highest BCUT2D eigenvalue weighted by Crippen LogP contribution is 2.75. The fraction of sp³-hybridized carbons (Fsp3) is 0.933. The first-order valence-electron chi connectivity index (χ1n) is 7.42. The molecule has 0 bridgehead atoms. The van der Waals surface area contributed by atoms with Crippen molar-refractivity contribution >= 4 is 28.4 Å². The number of aliphatic hydroxyl groups is 1. The Morgan fingerprint density at radius 2 is 2.00 bits per heavy atom. The molecular weight excluding hydrogens is 355 g/mol. The van der Waals surface area contributed by atoms with Gasteiger partial charge in [0.05, 0.1) is 9.53 Å². The fourth-order valence-corrected chi connectivity index (χ4v) is 5.61. The van der Waals surface area contributed by atoms with Crippen LogP contribution in [0.1, 0.15) is 65.7 Å². The van der Waals surface area contributed by atoms with Crippen LogP contribution in [0.2, 0.25) is 0 Å². The molecular formula is C15H25IO3. The van der Waals surface area contributed by atoms with Crippen molar-refractivity contribution in [2.75, 3.05) is 0 Å². The number of carbonyl (C=O) groups excluding carboxylic acids is 1. The molecule has 3 nitrogen and oxygen atoms in total. The Morgan fingerprint density at radius 1 is 1.37 bits per heavy atom. The first-order chi connectivity index (χ1) is 8.82. The number of ether oxygens (including phenoxy) is 1. The Kier molecular flexibility index (Phi) is 4.35. The molecule has 4 atom stereocenters. The van der Waals surface area contributed by atoms with Crippen molar-refractivity contribution in [2.45, 2.75) is 81.0 Å². The number of carbonyl (C=O) groups is 1. The molecule has 1 saturated carbocycles. The summed E-state index contributed by atoms with van der Waals surface area (Å²) in [5, 5.41) is 10.5. The molecule has 110 valence electrons. The van der Waals surface area contributed by atoms with Crippen molar-refractivity contribution < 1.29 is 14.6 Å². The van der Waals surface area contributed by atoms with Crippen molar-refractivity contribution in [3.63, 3.8) is 0 Å². The Morgan fingerprint density at radius 3 is 2.47 bits per heavy atom. The second-order valence-electron chi connectivity index (χ2n) is 6.29. The third-order valence-corrected chi connectivity index (χ3v) is 6.95. The molecule has 0 aromatic heterocycles. The lowest BCUT2D eigenvalue weighted by atomic mass is 9.90. The van der Waals surface area contributed by atoms with Crippen LogP contribution in [0.3, 0.4) is 0 Å². The molecule has 4 heteroatoms. The monoisotopic (exact) mass is 380 g/mol. The summed E-state index contributed by atoms with van der Waals surface area (Å²) in [4.78, 5) is 11.9. The van der Waals surface area contributed by atoms with E-state index in [2.05, 4.69) is 29.5 Å². The SMILES string of the molecule is CCCCCCC[C@H]1O[C@](C)(O)[C@@]2(C(C)=O)C[C@@]12I. The highest BCUT2D eigenvalue weighted by Gasteiger charge is 2.85. The van der Waals surface area contributed by atoms with Crippen LogP contribution in [0.4, 0.5) is 0 Å². The van der Waals surface area contributed by atoms with Gasteiger partial charge in [-0.1, -0.05) is 61.6 Å². The van der Waals surface area contributed by atoms with E-state index in [0.29, 0.717) is 0 Å². The van der Waals surface area contributed by atoms with Gasteiger partial charge in [0, 0.05) is 0 Å². The number of Topliss-reactive ketones (excluding diaryl/α,β-unsaturated/α-hetero) is 1. The van der Waals surface area contributed by atoms with Crippen LogP contribution in [0.25, 0.3) is 0 Å². The molecule has 0 aromatic carbocycles. The number of fused-ring (bicyclic) bond motifs is 1. The van der Waals surface area contributed by atoms with Crippen LogP contribution in [-0.4, -0.2) is 26.2 Å². The van der Waals surface area contributed by atoms with Gasteiger partial charge in [0.25, 0.3) is 0 Å². The Balaban J connectivity index is 1.93. The first kappa shape index (κ1) is 15.7. The summed E-state index contributed by atoms with van der Waals surface area (Å²) in [6, 6.07) is 0. The van der Waals surface area contributed by atoms with E-state index >= 15 is 0 Å².